The predicted molar refractivity (Wildman–Crippen MR) is 65.3 cm³/mol. The number of ether oxygens (including phenoxy) is 1. The second-order valence-electron chi connectivity index (χ2n) is 3.51. The maximum atomic E-state index is 11.2. The fourth-order valence-electron chi connectivity index (χ4n) is 1.39. The summed E-state index contributed by atoms with van der Waals surface area (Å²) in [4.78, 5) is 15.1. The number of benzene rings is 1. The summed E-state index contributed by atoms with van der Waals surface area (Å²) in [5, 5.41) is 9.44. The van der Waals surface area contributed by atoms with E-state index in [9.17, 15) is 9.90 Å². The Kier molecular flexibility index (Phi) is 3.01. The fourth-order valence-corrected chi connectivity index (χ4v) is 1.39. The number of rotatable bonds is 3. The van der Waals surface area contributed by atoms with Crippen LogP contribution in [0.4, 0.5) is 5.69 Å². The van der Waals surface area contributed by atoms with Gasteiger partial charge in [0, 0.05) is 6.20 Å². The van der Waals surface area contributed by atoms with Gasteiger partial charge in [0.15, 0.2) is 5.75 Å². The number of phenols is 1. The Morgan fingerprint density at radius 1 is 1.28 bits per heavy atom. The SMILES string of the molecule is NC(=O)c1cccnc1Oc1cccc(O)c1N. The summed E-state index contributed by atoms with van der Waals surface area (Å²) in [7, 11) is 0. The molecule has 18 heavy (non-hydrogen) atoms. The monoisotopic (exact) mass is 245 g/mol. The van der Waals surface area contributed by atoms with E-state index in [1.807, 2.05) is 0 Å². The number of pyridine rings is 1. The van der Waals surface area contributed by atoms with E-state index in [2.05, 4.69) is 4.98 Å². The van der Waals surface area contributed by atoms with Gasteiger partial charge >= 0.3 is 0 Å². The molecule has 2 rings (SSSR count). The summed E-state index contributed by atoms with van der Waals surface area (Å²) >= 11 is 0. The molecule has 0 saturated heterocycles. The number of primary amides is 1. The van der Waals surface area contributed by atoms with Crippen LogP contribution in [0.15, 0.2) is 36.5 Å². The third-order valence-corrected chi connectivity index (χ3v) is 2.29. The predicted octanol–water partition coefficient (Wildman–Crippen LogP) is 1.26. The second-order valence-corrected chi connectivity index (χ2v) is 3.51. The van der Waals surface area contributed by atoms with Crippen LogP contribution in [-0.2, 0) is 0 Å². The zero-order chi connectivity index (χ0) is 13.1. The van der Waals surface area contributed by atoms with Crippen molar-refractivity contribution >= 4 is 11.6 Å². The van der Waals surface area contributed by atoms with Gasteiger partial charge in [-0.1, -0.05) is 6.07 Å². The van der Waals surface area contributed by atoms with E-state index in [-0.39, 0.29) is 28.6 Å². The molecule has 0 aliphatic heterocycles. The Morgan fingerprint density at radius 2 is 2.06 bits per heavy atom. The van der Waals surface area contributed by atoms with E-state index in [0.29, 0.717) is 0 Å². The Morgan fingerprint density at radius 3 is 2.78 bits per heavy atom. The number of anilines is 1. The van der Waals surface area contributed by atoms with E-state index in [1.165, 1.54) is 18.3 Å². The molecule has 1 heterocycles. The number of carbonyl (C=O) groups excluding carboxylic acids is 1. The molecule has 0 radical (unpaired) electrons. The summed E-state index contributed by atoms with van der Waals surface area (Å²) in [5.41, 5.74) is 11.0. The van der Waals surface area contributed by atoms with Gasteiger partial charge < -0.3 is 21.3 Å². The minimum atomic E-state index is -0.656. The number of hydrogen-bond acceptors (Lipinski definition) is 5. The van der Waals surface area contributed by atoms with Crippen LogP contribution in [0.1, 0.15) is 10.4 Å². The van der Waals surface area contributed by atoms with Crippen LogP contribution in [0.25, 0.3) is 0 Å². The lowest BCUT2D eigenvalue weighted by molar-refractivity contribution is 0.0997. The summed E-state index contributed by atoms with van der Waals surface area (Å²) in [5.74, 6) is -0.514. The van der Waals surface area contributed by atoms with Crippen molar-refractivity contribution in [3.63, 3.8) is 0 Å². The van der Waals surface area contributed by atoms with Gasteiger partial charge in [-0.25, -0.2) is 4.98 Å². The molecule has 6 nitrogen and oxygen atoms in total. The smallest absolute Gasteiger partial charge is 0.254 e. The molecule has 0 aliphatic carbocycles. The molecule has 1 amide bonds. The van der Waals surface area contributed by atoms with Crippen molar-refractivity contribution in [1.82, 2.24) is 4.98 Å². The van der Waals surface area contributed by atoms with E-state index < -0.39 is 5.91 Å². The van der Waals surface area contributed by atoms with E-state index in [0.717, 1.165) is 0 Å². The molecule has 0 aliphatic rings. The number of nitrogens with zero attached hydrogens (tertiary/aromatic N) is 1. The Hall–Kier alpha value is -2.76. The lowest BCUT2D eigenvalue weighted by Gasteiger charge is -2.10. The van der Waals surface area contributed by atoms with E-state index >= 15 is 0 Å². The molecule has 1 aromatic carbocycles. The van der Waals surface area contributed by atoms with Gasteiger partial charge in [0.2, 0.25) is 5.88 Å². The molecule has 1 aromatic heterocycles. The van der Waals surface area contributed by atoms with Crippen LogP contribution < -0.4 is 16.2 Å². The van der Waals surface area contributed by atoms with E-state index in [4.69, 9.17) is 16.2 Å². The number of amides is 1. The maximum absolute atomic E-state index is 11.2. The Labute approximate surface area is 103 Å². The van der Waals surface area contributed by atoms with Crippen LogP contribution in [0.3, 0.4) is 0 Å². The number of carbonyl (C=O) groups is 1. The summed E-state index contributed by atoms with van der Waals surface area (Å²) < 4.78 is 5.39. The molecule has 0 bridgehead atoms. The first-order valence-corrected chi connectivity index (χ1v) is 5.09. The number of nitrogens with two attached hydrogens (primary N) is 2. The lowest BCUT2D eigenvalue weighted by atomic mass is 10.2. The molecule has 0 atom stereocenters. The highest BCUT2D eigenvalue weighted by molar-refractivity contribution is 5.95. The van der Waals surface area contributed by atoms with Crippen molar-refractivity contribution in [2.75, 3.05) is 5.73 Å². The number of aromatic nitrogens is 1. The summed E-state index contributed by atoms with van der Waals surface area (Å²) in [6.07, 6.45) is 1.46. The van der Waals surface area contributed by atoms with Crippen molar-refractivity contribution in [3.05, 3.63) is 42.1 Å². The van der Waals surface area contributed by atoms with Crippen molar-refractivity contribution in [2.45, 2.75) is 0 Å². The van der Waals surface area contributed by atoms with Gasteiger partial charge in [0.1, 0.15) is 17.0 Å². The highest BCUT2D eigenvalue weighted by Crippen LogP contribution is 2.33. The molecule has 92 valence electrons. The zero-order valence-electron chi connectivity index (χ0n) is 9.33. The summed E-state index contributed by atoms with van der Waals surface area (Å²) in [6.45, 7) is 0. The van der Waals surface area contributed by atoms with Gasteiger partial charge in [-0.05, 0) is 24.3 Å². The van der Waals surface area contributed by atoms with Gasteiger partial charge in [0.05, 0.1) is 0 Å². The highest BCUT2D eigenvalue weighted by Gasteiger charge is 2.13. The van der Waals surface area contributed by atoms with Crippen LogP contribution in [0.2, 0.25) is 0 Å². The molecule has 2 aromatic rings. The largest absolute Gasteiger partial charge is 0.506 e. The molecule has 6 heteroatoms. The van der Waals surface area contributed by atoms with Crippen molar-refractivity contribution < 1.29 is 14.6 Å². The number of nitrogen functional groups attached to an aromatic ring is 1. The lowest BCUT2D eigenvalue weighted by Crippen LogP contribution is -2.12. The third kappa shape index (κ3) is 2.17. The zero-order valence-corrected chi connectivity index (χ0v) is 9.33. The summed E-state index contributed by atoms with van der Waals surface area (Å²) in [6, 6.07) is 7.60. The van der Waals surface area contributed by atoms with Gasteiger partial charge in [-0.3, -0.25) is 4.79 Å². The first-order chi connectivity index (χ1) is 8.59. The average Bonchev–Trinajstić information content (AvgIpc) is 2.35. The van der Waals surface area contributed by atoms with Crippen molar-refractivity contribution in [1.29, 1.82) is 0 Å². The van der Waals surface area contributed by atoms with Gasteiger partial charge in [-0.15, -0.1) is 0 Å². The van der Waals surface area contributed by atoms with Crippen LogP contribution >= 0.6 is 0 Å². The Bertz CT molecular complexity index is 599. The molecule has 0 fully saturated rings. The quantitative estimate of drug-likeness (QED) is 0.556. The fraction of sp³-hybridized carbons (Fsp3) is 0. The van der Waals surface area contributed by atoms with Crippen molar-refractivity contribution in [2.24, 2.45) is 5.73 Å². The normalized spacial score (nSPS) is 10.0. The molecular formula is C12H11N3O3. The minimum Gasteiger partial charge on any atom is -0.506 e. The highest BCUT2D eigenvalue weighted by atomic mass is 16.5. The van der Waals surface area contributed by atoms with Gasteiger partial charge in [-0.2, -0.15) is 0 Å². The van der Waals surface area contributed by atoms with Gasteiger partial charge in [0.25, 0.3) is 5.91 Å². The number of para-hydroxylation sites is 1. The van der Waals surface area contributed by atoms with Crippen LogP contribution in [0, 0.1) is 0 Å². The second kappa shape index (κ2) is 4.62. The van der Waals surface area contributed by atoms with Crippen LogP contribution in [0.5, 0.6) is 17.4 Å². The molecule has 0 saturated carbocycles. The number of aromatic hydroxyl groups is 1. The maximum Gasteiger partial charge on any atom is 0.254 e. The first kappa shape index (κ1) is 11.7. The molecule has 0 spiro atoms. The number of phenolic OH excluding ortho intramolecular Hbond substituents is 1. The molecule has 0 unspecified atom stereocenters. The minimum absolute atomic E-state index is 0.0438. The third-order valence-electron chi connectivity index (χ3n) is 2.29. The topological polar surface area (TPSA) is 111 Å². The first-order valence-electron chi connectivity index (χ1n) is 5.09. The Balaban J connectivity index is 2.40. The average molecular weight is 245 g/mol. The molecule has 5 N–H and O–H groups in total. The standard InChI is InChI=1S/C12H11N3O3/c13-10-8(16)4-1-5-9(10)18-12-7(11(14)17)3-2-6-15-12/h1-6,16H,13H2,(H2,14,17). The van der Waals surface area contributed by atoms with Crippen LogP contribution in [-0.4, -0.2) is 16.0 Å². The van der Waals surface area contributed by atoms with E-state index in [1.54, 1.807) is 18.2 Å². The molecular weight excluding hydrogens is 234 g/mol. The number of hydrogen-bond donors (Lipinski definition) is 3. The van der Waals surface area contributed by atoms with Crippen molar-refractivity contribution in [3.8, 4) is 17.4 Å².